The fraction of sp³-hybridized carbons (Fsp3) is 0.385. The lowest BCUT2D eigenvalue weighted by Crippen LogP contribution is -2.45. The Labute approximate surface area is 105 Å². The third kappa shape index (κ3) is 4.18. The van der Waals surface area contributed by atoms with E-state index in [1.54, 1.807) is 12.1 Å². The largest absolute Gasteiger partial charge is 0.508 e. The zero-order chi connectivity index (χ0) is 13.7. The number of aliphatic carboxylic acids is 1. The lowest BCUT2D eigenvalue weighted by Gasteiger charge is -2.18. The van der Waals surface area contributed by atoms with E-state index in [0.29, 0.717) is 0 Å². The van der Waals surface area contributed by atoms with E-state index in [4.69, 9.17) is 10.2 Å². The van der Waals surface area contributed by atoms with Crippen LogP contribution < -0.4 is 5.32 Å². The average Bonchev–Trinajstić information content (AvgIpc) is 2.29. The van der Waals surface area contributed by atoms with Crippen molar-refractivity contribution in [1.29, 1.82) is 0 Å². The minimum atomic E-state index is -1.44. The summed E-state index contributed by atoms with van der Waals surface area (Å²) in [5.74, 6) is -2.15. The van der Waals surface area contributed by atoms with Crippen LogP contribution in [-0.2, 0) is 16.0 Å². The number of hydrogen-bond acceptors (Lipinski definition) is 4. The summed E-state index contributed by atoms with van der Waals surface area (Å²) in [6.07, 6.45) is 0.281. The molecule has 0 spiro atoms. The van der Waals surface area contributed by atoms with Crippen LogP contribution in [0.5, 0.6) is 5.75 Å². The standard InChI is InChI=1S/C13H17NO4/c1-8(2)14-11(12(16)13(17)18)7-9-3-5-10(15)6-4-9/h3-6,8,11,14-15H,7H2,1-2H3,(H,17,18)/t11-/m0/s1. The van der Waals surface area contributed by atoms with E-state index < -0.39 is 17.8 Å². The second-order valence-electron chi connectivity index (χ2n) is 4.41. The number of ketones is 1. The number of phenols is 1. The van der Waals surface area contributed by atoms with Gasteiger partial charge in [-0.25, -0.2) is 4.79 Å². The molecule has 0 aliphatic heterocycles. The summed E-state index contributed by atoms with van der Waals surface area (Å²) < 4.78 is 0. The molecule has 1 aromatic rings. The number of Topliss-reactive ketones (excluding diaryl/α,β-unsaturated/α-hetero) is 1. The predicted octanol–water partition coefficient (Wildman–Crippen LogP) is 0.955. The Morgan fingerprint density at radius 3 is 2.22 bits per heavy atom. The molecule has 0 aliphatic rings. The van der Waals surface area contributed by atoms with E-state index in [1.807, 2.05) is 13.8 Å². The molecule has 5 nitrogen and oxygen atoms in total. The number of carboxylic acid groups (broad SMARTS) is 1. The molecule has 0 amide bonds. The van der Waals surface area contributed by atoms with Gasteiger partial charge in [-0.3, -0.25) is 4.79 Å². The third-order valence-electron chi connectivity index (χ3n) is 2.44. The van der Waals surface area contributed by atoms with Gasteiger partial charge in [-0.15, -0.1) is 0 Å². The first-order valence-corrected chi connectivity index (χ1v) is 5.71. The molecule has 0 aromatic heterocycles. The molecule has 1 aromatic carbocycles. The van der Waals surface area contributed by atoms with E-state index in [-0.39, 0.29) is 18.2 Å². The van der Waals surface area contributed by atoms with Gasteiger partial charge in [0, 0.05) is 6.04 Å². The monoisotopic (exact) mass is 251 g/mol. The summed E-state index contributed by atoms with van der Waals surface area (Å²) in [4.78, 5) is 22.3. The molecule has 0 saturated heterocycles. The third-order valence-corrected chi connectivity index (χ3v) is 2.44. The highest BCUT2D eigenvalue weighted by Gasteiger charge is 2.25. The number of nitrogens with one attached hydrogen (secondary N) is 1. The first kappa shape index (κ1) is 14.2. The molecule has 98 valence electrons. The molecule has 0 aliphatic carbocycles. The zero-order valence-electron chi connectivity index (χ0n) is 10.4. The van der Waals surface area contributed by atoms with Crippen molar-refractivity contribution in [2.24, 2.45) is 0 Å². The van der Waals surface area contributed by atoms with Crippen LogP contribution in [0.15, 0.2) is 24.3 Å². The van der Waals surface area contributed by atoms with Gasteiger partial charge in [-0.2, -0.15) is 0 Å². The Morgan fingerprint density at radius 1 is 1.22 bits per heavy atom. The van der Waals surface area contributed by atoms with Gasteiger partial charge in [0.1, 0.15) is 5.75 Å². The van der Waals surface area contributed by atoms with Gasteiger partial charge < -0.3 is 15.5 Å². The maximum absolute atomic E-state index is 11.5. The van der Waals surface area contributed by atoms with E-state index in [1.165, 1.54) is 12.1 Å². The molecule has 0 bridgehead atoms. The fourth-order valence-electron chi connectivity index (χ4n) is 1.65. The van der Waals surface area contributed by atoms with E-state index in [9.17, 15) is 9.59 Å². The summed E-state index contributed by atoms with van der Waals surface area (Å²) in [6.45, 7) is 3.69. The van der Waals surface area contributed by atoms with E-state index in [2.05, 4.69) is 5.32 Å². The van der Waals surface area contributed by atoms with Gasteiger partial charge in [0.2, 0.25) is 0 Å². The van der Waals surface area contributed by atoms with Crippen molar-refractivity contribution in [3.05, 3.63) is 29.8 Å². The molecule has 0 saturated carbocycles. The number of benzene rings is 1. The Morgan fingerprint density at radius 2 is 1.78 bits per heavy atom. The Hall–Kier alpha value is -1.88. The number of rotatable bonds is 6. The van der Waals surface area contributed by atoms with Crippen molar-refractivity contribution >= 4 is 11.8 Å². The number of phenolic OH excluding ortho intramolecular Hbond substituents is 1. The van der Waals surface area contributed by atoms with Crippen molar-refractivity contribution in [3.63, 3.8) is 0 Å². The zero-order valence-corrected chi connectivity index (χ0v) is 10.4. The minimum Gasteiger partial charge on any atom is -0.508 e. The van der Waals surface area contributed by atoms with Crippen LogP contribution in [0.3, 0.4) is 0 Å². The average molecular weight is 251 g/mol. The summed E-state index contributed by atoms with van der Waals surface area (Å²) in [5, 5.41) is 20.8. The van der Waals surface area contributed by atoms with E-state index in [0.717, 1.165) is 5.56 Å². The minimum absolute atomic E-state index is 0.00964. The molecular weight excluding hydrogens is 234 g/mol. The SMILES string of the molecule is CC(C)N[C@@H](Cc1ccc(O)cc1)C(=O)C(=O)O. The summed E-state index contributed by atoms with van der Waals surface area (Å²) in [6, 6.07) is 5.60. The van der Waals surface area contributed by atoms with Crippen molar-refractivity contribution < 1.29 is 19.8 Å². The molecule has 5 heteroatoms. The predicted molar refractivity (Wildman–Crippen MR) is 66.5 cm³/mol. The van der Waals surface area contributed by atoms with E-state index >= 15 is 0 Å². The molecule has 0 heterocycles. The lowest BCUT2D eigenvalue weighted by atomic mass is 10.0. The van der Waals surface area contributed by atoms with Crippen LogP contribution in [0.2, 0.25) is 0 Å². The molecule has 0 unspecified atom stereocenters. The Bertz CT molecular complexity index is 425. The van der Waals surface area contributed by atoms with Crippen molar-refractivity contribution in [1.82, 2.24) is 5.32 Å². The number of carboxylic acids is 1. The number of hydrogen-bond donors (Lipinski definition) is 3. The van der Waals surface area contributed by atoms with Gasteiger partial charge in [-0.05, 0) is 24.1 Å². The molecule has 1 rings (SSSR count). The Kier molecular flexibility index (Phi) is 4.85. The highest BCUT2D eigenvalue weighted by atomic mass is 16.4. The number of aromatic hydroxyl groups is 1. The maximum Gasteiger partial charge on any atom is 0.373 e. The van der Waals surface area contributed by atoms with Gasteiger partial charge in [0.05, 0.1) is 6.04 Å². The highest BCUT2D eigenvalue weighted by Crippen LogP contribution is 2.12. The van der Waals surface area contributed by atoms with Gasteiger partial charge in [-0.1, -0.05) is 26.0 Å². The van der Waals surface area contributed by atoms with Crippen LogP contribution in [0, 0.1) is 0 Å². The first-order chi connectivity index (χ1) is 8.40. The fourth-order valence-corrected chi connectivity index (χ4v) is 1.65. The van der Waals surface area contributed by atoms with Crippen LogP contribution >= 0.6 is 0 Å². The van der Waals surface area contributed by atoms with Gasteiger partial charge in [0.15, 0.2) is 0 Å². The smallest absolute Gasteiger partial charge is 0.373 e. The lowest BCUT2D eigenvalue weighted by molar-refractivity contribution is -0.150. The van der Waals surface area contributed by atoms with Gasteiger partial charge in [0.25, 0.3) is 5.78 Å². The molecule has 0 fully saturated rings. The quantitative estimate of drug-likeness (QED) is 0.655. The van der Waals surface area contributed by atoms with Crippen molar-refractivity contribution in [3.8, 4) is 5.75 Å². The number of carbonyl (C=O) groups excluding carboxylic acids is 1. The van der Waals surface area contributed by atoms with Crippen LogP contribution in [-0.4, -0.2) is 34.0 Å². The molecule has 18 heavy (non-hydrogen) atoms. The molecule has 0 radical (unpaired) electrons. The second kappa shape index (κ2) is 6.16. The summed E-state index contributed by atoms with van der Waals surface area (Å²) >= 11 is 0. The molecule has 1 atom stereocenters. The molecule has 3 N–H and O–H groups in total. The Balaban J connectivity index is 2.81. The second-order valence-corrected chi connectivity index (χ2v) is 4.41. The van der Waals surface area contributed by atoms with Gasteiger partial charge >= 0.3 is 5.97 Å². The van der Waals surface area contributed by atoms with Crippen molar-refractivity contribution in [2.75, 3.05) is 0 Å². The van der Waals surface area contributed by atoms with Crippen LogP contribution in [0.1, 0.15) is 19.4 Å². The molecular formula is C13H17NO4. The maximum atomic E-state index is 11.5. The summed E-state index contributed by atoms with van der Waals surface area (Å²) in [5.41, 5.74) is 0.792. The highest BCUT2D eigenvalue weighted by molar-refractivity contribution is 6.34. The van der Waals surface area contributed by atoms with Crippen LogP contribution in [0.4, 0.5) is 0 Å². The normalized spacial score (nSPS) is 12.4. The first-order valence-electron chi connectivity index (χ1n) is 5.71. The summed E-state index contributed by atoms with van der Waals surface area (Å²) in [7, 11) is 0. The number of carbonyl (C=O) groups is 2. The topological polar surface area (TPSA) is 86.6 Å². The van der Waals surface area contributed by atoms with Crippen LogP contribution in [0.25, 0.3) is 0 Å². The van der Waals surface area contributed by atoms with Crippen molar-refractivity contribution in [2.45, 2.75) is 32.4 Å².